The number of aliphatic carboxylic acids is 1. The SMILES string of the molecule is C#Cc1ccc(CN(CCOC(=O)OCC2CCC(n3ccc(CCC)nc3=O)O2)CC2CCCCN2)cc1.CC(=O)O. The Morgan fingerprint density at radius 1 is 1.19 bits per heavy atom. The molecule has 2 saturated heterocycles. The molecule has 0 saturated carbocycles. The molecule has 43 heavy (non-hydrogen) atoms. The summed E-state index contributed by atoms with van der Waals surface area (Å²) in [6.45, 7) is 6.70. The molecule has 0 spiro atoms. The second kappa shape index (κ2) is 18.1. The van der Waals surface area contributed by atoms with Gasteiger partial charge in [0.05, 0.1) is 6.10 Å². The maximum atomic E-state index is 12.4. The molecular formula is C32H44N4O7. The lowest BCUT2D eigenvalue weighted by atomic mass is 10.0. The molecule has 2 fully saturated rings. The second-order valence-electron chi connectivity index (χ2n) is 10.8. The number of aryl methyl sites for hydroxylation is 1. The Bertz CT molecular complexity index is 1250. The number of rotatable bonds is 12. The highest BCUT2D eigenvalue weighted by molar-refractivity contribution is 5.63. The average molecular weight is 597 g/mol. The van der Waals surface area contributed by atoms with Crippen LogP contribution in [-0.2, 0) is 32.0 Å². The monoisotopic (exact) mass is 596 g/mol. The molecule has 11 nitrogen and oxygen atoms in total. The molecule has 0 aliphatic carbocycles. The average Bonchev–Trinajstić information content (AvgIpc) is 3.46. The molecule has 0 amide bonds. The molecule has 234 valence electrons. The number of piperidine rings is 1. The molecule has 1 aromatic heterocycles. The van der Waals surface area contributed by atoms with E-state index >= 15 is 0 Å². The molecule has 0 radical (unpaired) electrons. The standard InChI is InChI=1S/C30H40N4O5.C2H4O2/c1-3-7-25-15-17-34(29(35)32-25)28-14-13-27(39-28)22-38-30(36)37-19-18-33(21-26-8-5-6-16-31-26)20-24-11-9-23(4-2)10-12-24;1-2(3)4/h2,9-12,15,17,26-28,31H,3,5-8,13-14,16,18-22H2,1H3;1H3,(H,3,4). The number of aromatic nitrogens is 2. The van der Waals surface area contributed by atoms with Gasteiger partial charge in [0.25, 0.3) is 5.97 Å². The third kappa shape index (κ3) is 12.2. The molecule has 2 aliphatic heterocycles. The van der Waals surface area contributed by atoms with Crippen LogP contribution in [-0.4, -0.2) is 76.7 Å². The van der Waals surface area contributed by atoms with Crippen molar-refractivity contribution in [1.82, 2.24) is 19.8 Å². The smallest absolute Gasteiger partial charge is 0.481 e. The molecule has 1 aromatic carbocycles. The lowest BCUT2D eigenvalue weighted by molar-refractivity contribution is -0.134. The van der Waals surface area contributed by atoms with Gasteiger partial charge < -0.3 is 24.6 Å². The van der Waals surface area contributed by atoms with E-state index in [1.165, 1.54) is 17.4 Å². The molecular weight excluding hydrogens is 552 g/mol. The van der Waals surface area contributed by atoms with E-state index in [9.17, 15) is 9.59 Å². The lowest BCUT2D eigenvalue weighted by Gasteiger charge is -2.30. The topological polar surface area (TPSA) is 132 Å². The Morgan fingerprint density at radius 3 is 2.60 bits per heavy atom. The van der Waals surface area contributed by atoms with E-state index in [0.717, 1.165) is 62.6 Å². The van der Waals surface area contributed by atoms with E-state index < -0.39 is 18.4 Å². The quantitative estimate of drug-likeness (QED) is 0.276. The number of nitrogens with zero attached hydrogens (tertiary/aromatic N) is 3. The van der Waals surface area contributed by atoms with E-state index in [4.69, 9.17) is 30.5 Å². The molecule has 3 atom stereocenters. The Balaban J connectivity index is 0.00000119. The molecule has 4 rings (SSSR count). The van der Waals surface area contributed by atoms with Crippen molar-refractivity contribution in [3.63, 3.8) is 0 Å². The van der Waals surface area contributed by atoms with Crippen molar-refractivity contribution in [2.24, 2.45) is 0 Å². The summed E-state index contributed by atoms with van der Waals surface area (Å²) in [7, 11) is 0. The van der Waals surface area contributed by atoms with Crippen molar-refractivity contribution in [3.05, 3.63) is 63.8 Å². The van der Waals surface area contributed by atoms with Crippen LogP contribution in [0.4, 0.5) is 4.79 Å². The summed E-state index contributed by atoms with van der Waals surface area (Å²) in [4.78, 5) is 40.1. The second-order valence-corrected chi connectivity index (χ2v) is 10.8. The fourth-order valence-corrected chi connectivity index (χ4v) is 5.13. The van der Waals surface area contributed by atoms with Crippen molar-refractivity contribution >= 4 is 12.1 Å². The zero-order valence-electron chi connectivity index (χ0n) is 25.2. The minimum absolute atomic E-state index is 0.0860. The zero-order chi connectivity index (χ0) is 31.0. The number of carboxylic acids is 1. The summed E-state index contributed by atoms with van der Waals surface area (Å²) in [5, 5.41) is 11.0. The van der Waals surface area contributed by atoms with Gasteiger partial charge in [0, 0.05) is 50.1 Å². The first kappa shape index (κ1) is 33.8. The highest BCUT2D eigenvalue weighted by Crippen LogP contribution is 2.27. The number of carbonyl (C=O) groups is 2. The number of carboxylic acid groups (broad SMARTS) is 1. The van der Waals surface area contributed by atoms with Gasteiger partial charge in [-0.15, -0.1) is 6.42 Å². The van der Waals surface area contributed by atoms with Crippen molar-refractivity contribution in [2.75, 3.05) is 32.8 Å². The van der Waals surface area contributed by atoms with E-state index in [1.54, 1.807) is 6.20 Å². The summed E-state index contributed by atoms with van der Waals surface area (Å²) in [6, 6.07) is 10.3. The van der Waals surface area contributed by atoms with Gasteiger partial charge in [-0.25, -0.2) is 9.59 Å². The van der Waals surface area contributed by atoms with Gasteiger partial charge in [0.1, 0.15) is 19.4 Å². The predicted octanol–water partition coefficient (Wildman–Crippen LogP) is 3.74. The molecule has 2 aromatic rings. The molecule has 0 bridgehead atoms. The number of benzene rings is 1. The number of hydrogen-bond acceptors (Lipinski definition) is 9. The van der Waals surface area contributed by atoms with Crippen molar-refractivity contribution in [1.29, 1.82) is 0 Å². The van der Waals surface area contributed by atoms with Gasteiger partial charge in [-0.1, -0.05) is 37.8 Å². The Kier molecular flexibility index (Phi) is 14.2. The van der Waals surface area contributed by atoms with Crippen molar-refractivity contribution < 1.29 is 28.9 Å². The summed E-state index contributed by atoms with van der Waals surface area (Å²) in [5.74, 6) is 1.82. The number of nitrogens with one attached hydrogen (secondary N) is 1. The molecule has 2 N–H and O–H groups in total. The van der Waals surface area contributed by atoms with Crippen molar-refractivity contribution in [2.45, 2.75) is 83.7 Å². The van der Waals surface area contributed by atoms with Gasteiger partial charge in [-0.05, 0) is 62.4 Å². The normalized spacial score (nSPS) is 19.6. The van der Waals surface area contributed by atoms with Crippen LogP contribution in [0.5, 0.6) is 0 Å². The van der Waals surface area contributed by atoms with E-state index in [-0.39, 0.29) is 25.0 Å². The Labute approximate surface area is 253 Å². The fourth-order valence-electron chi connectivity index (χ4n) is 5.13. The number of carbonyl (C=O) groups excluding carboxylic acids is 1. The number of ether oxygens (including phenoxy) is 3. The Morgan fingerprint density at radius 2 is 1.95 bits per heavy atom. The van der Waals surface area contributed by atoms with Crippen LogP contribution >= 0.6 is 0 Å². The van der Waals surface area contributed by atoms with Gasteiger partial charge >= 0.3 is 11.8 Å². The third-order valence-electron chi connectivity index (χ3n) is 7.22. The summed E-state index contributed by atoms with van der Waals surface area (Å²) < 4.78 is 18.2. The van der Waals surface area contributed by atoms with Gasteiger partial charge in [-0.2, -0.15) is 4.98 Å². The molecule has 3 unspecified atom stereocenters. The van der Waals surface area contributed by atoms with E-state index in [2.05, 4.69) is 28.0 Å². The van der Waals surface area contributed by atoms with Crippen LogP contribution in [0.3, 0.4) is 0 Å². The lowest BCUT2D eigenvalue weighted by Crippen LogP contribution is -2.44. The summed E-state index contributed by atoms with van der Waals surface area (Å²) in [5.41, 5.74) is 2.49. The molecule has 11 heteroatoms. The minimum atomic E-state index is -0.833. The third-order valence-corrected chi connectivity index (χ3v) is 7.22. The van der Waals surface area contributed by atoms with Crippen LogP contribution in [0.15, 0.2) is 41.3 Å². The van der Waals surface area contributed by atoms with Crippen LogP contribution in [0.2, 0.25) is 0 Å². The largest absolute Gasteiger partial charge is 0.508 e. The molecule has 3 heterocycles. The van der Waals surface area contributed by atoms with Crippen LogP contribution in [0.25, 0.3) is 0 Å². The van der Waals surface area contributed by atoms with Gasteiger partial charge in [-0.3, -0.25) is 14.3 Å². The highest BCUT2D eigenvalue weighted by Gasteiger charge is 2.28. The fraction of sp³-hybridized carbons (Fsp3) is 0.562. The molecule has 2 aliphatic rings. The number of hydrogen-bond donors (Lipinski definition) is 2. The first-order chi connectivity index (χ1) is 20.8. The highest BCUT2D eigenvalue weighted by atomic mass is 16.7. The first-order valence-electron chi connectivity index (χ1n) is 15.0. The van der Waals surface area contributed by atoms with E-state index in [1.807, 2.05) is 30.3 Å². The van der Waals surface area contributed by atoms with Crippen LogP contribution in [0, 0.1) is 12.3 Å². The maximum Gasteiger partial charge on any atom is 0.508 e. The maximum absolute atomic E-state index is 12.4. The predicted molar refractivity (Wildman–Crippen MR) is 162 cm³/mol. The van der Waals surface area contributed by atoms with Gasteiger partial charge in [0.15, 0.2) is 0 Å². The van der Waals surface area contributed by atoms with Gasteiger partial charge in [0.2, 0.25) is 0 Å². The van der Waals surface area contributed by atoms with Crippen molar-refractivity contribution in [3.8, 4) is 12.3 Å². The van der Waals surface area contributed by atoms with Crippen LogP contribution < -0.4 is 11.0 Å². The van der Waals surface area contributed by atoms with Crippen LogP contribution in [0.1, 0.15) is 75.4 Å². The number of terminal acetylenes is 1. The zero-order valence-corrected chi connectivity index (χ0v) is 25.2. The Hall–Kier alpha value is -3.72. The first-order valence-corrected chi connectivity index (χ1v) is 15.0. The minimum Gasteiger partial charge on any atom is -0.481 e. The van der Waals surface area contributed by atoms with E-state index in [0.29, 0.717) is 25.4 Å². The summed E-state index contributed by atoms with van der Waals surface area (Å²) >= 11 is 0. The summed E-state index contributed by atoms with van der Waals surface area (Å²) in [6.07, 6.45) is 12.4.